The molecule has 2 amide bonds. The summed E-state index contributed by atoms with van der Waals surface area (Å²) in [7, 11) is 0. The third-order valence-corrected chi connectivity index (χ3v) is 6.78. The number of anilines is 1. The average molecular weight is 489 g/mol. The third kappa shape index (κ3) is 4.91. The SMILES string of the molecule is Cc1ccccc1N(C(=O)c1ccc2c(c1)OCCO2)C(C(=O)NC1CCCC1)c1ccc(F)cc1. The maximum atomic E-state index is 14.2. The number of ether oxygens (including phenoxy) is 2. The Morgan fingerprint density at radius 2 is 1.64 bits per heavy atom. The summed E-state index contributed by atoms with van der Waals surface area (Å²) in [5.41, 5.74) is 2.33. The molecule has 1 heterocycles. The summed E-state index contributed by atoms with van der Waals surface area (Å²) in [5, 5.41) is 3.15. The van der Waals surface area contributed by atoms with E-state index in [2.05, 4.69) is 5.32 Å². The predicted molar refractivity (Wildman–Crippen MR) is 135 cm³/mol. The van der Waals surface area contributed by atoms with Gasteiger partial charge in [-0.15, -0.1) is 0 Å². The van der Waals surface area contributed by atoms with Gasteiger partial charge in [0, 0.05) is 17.3 Å². The van der Waals surface area contributed by atoms with Crippen LogP contribution in [0.25, 0.3) is 0 Å². The van der Waals surface area contributed by atoms with E-state index in [0.717, 1.165) is 31.2 Å². The normalized spacial score (nSPS) is 15.8. The zero-order valence-electron chi connectivity index (χ0n) is 20.2. The molecular formula is C29H29FN2O4. The van der Waals surface area contributed by atoms with Crippen LogP contribution >= 0.6 is 0 Å². The molecule has 1 saturated carbocycles. The Balaban J connectivity index is 1.61. The number of hydrogen-bond acceptors (Lipinski definition) is 4. The van der Waals surface area contributed by atoms with Gasteiger partial charge in [-0.25, -0.2) is 4.39 Å². The van der Waals surface area contributed by atoms with Crippen LogP contribution in [0.1, 0.15) is 53.2 Å². The summed E-state index contributed by atoms with van der Waals surface area (Å²) in [4.78, 5) is 29.5. The lowest BCUT2D eigenvalue weighted by atomic mass is 9.99. The molecule has 36 heavy (non-hydrogen) atoms. The van der Waals surface area contributed by atoms with E-state index in [1.165, 1.54) is 17.0 Å². The molecule has 2 aliphatic rings. The Hall–Kier alpha value is -3.87. The van der Waals surface area contributed by atoms with Gasteiger partial charge in [0.25, 0.3) is 5.91 Å². The van der Waals surface area contributed by atoms with Crippen molar-refractivity contribution in [3.63, 3.8) is 0 Å². The molecule has 0 bridgehead atoms. The van der Waals surface area contributed by atoms with Crippen LogP contribution in [0, 0.1) is 12.7 Å². The highest BCUT2D eigenvalue weighted by atomic mass is 19.1. The maximum absolute atomic E-state index is 14.2. The maximum Gasteiger partial charge on any atom is 0.259 e. The van der Waals surface area contributed by atoms with Crippen LogP contribution in [-0.4, -0.2) is 31.1 Å². The molecule has 1 unspecified atom stereocenters. The summed E-state index contributed by atoms with van der Waals surface area (Å²) >= 11 is 0. The molecule has 0 spiro atoms. The molecule has 1 fully saturated rings. The summed E-state index contributed by atoms with van der Waals surface area (Å²) in [6.07, 6.45) is 3.93. The molecule has 3 aromatic rings. The summed E-state index contributed by atoms with van der Waals surface area (Å²) in [6.45, 7) is 2.74. The van der Waals surface area contributed by atoms with E-state index in [0.29, 0.717) is 41.5 Å². The molecule has 7 heteroatoms. The molecule has 5 rings (SSSR count). The number of hydrogen-bond donors (Lipinski definition) is 1. The second-order valence-corrected chi connectivity index (χ2v) is 9.26. The molecule has 0 aromatic heterocycles. The molecule has 6 nitrogen and oxygen atoms in total. The van der Waals surface area contributed by atoms with Crippen LogP contribution in [0.4, 0.5) is 10.1 Å². The van der Waals surface area contributed by atoms with Gasteiger partial charge in [0.15, 0.2) is 11.5 Å². The molecule has 3 aromatic carbocycles. The minimum atomic E-state index is -0.993. The summed E-state index contributed by atoms with van der Waals surface area (Å²) < 4.78 is 25.2. The first kappa shape index (κ1) is 23.9. The standard InChI is InChI=1S/C29H29FN2O4/c1-19-6-2-5-9-24(19)32(29(34)21-12-15-25-26(18-21)36-17-16-35-25)27(20-10-13-22(30)14-11-20)28(33)31-23-7-3-4-8-23/h2,5-6,9-15,18,23,27H,3-4,7-8,16-17H2,1H3,(H,31,33). The Morgan fingerprint density at radius 1 is 0.944 bits per heavy atom. The van der Waals surface area contributed by atoms with Gasteiger partial charge < -0.3 is 14.8 Å². The van der Waals surface area contributed by atoms with Crippen molar-refractivity contribution in [1.82, 2.24) is 5.32 Å². The molecule has 0 saturated heterocycles. The third-order valence-electron chi connectivity index (χ3n) is 6.78. The number of carbonyl (C=O) groups excluding carboxylic acids is 2. The van der Waals surface area contributed by atoms with Crippen LogP contribution in [-0.2, 0) is 4.79 Å². The van der Waals surface area contributed by atoms with Crippen molar-refractivity contribution in [3.8, 4) is 11.5 Å². The minimum absolute atomic E-state index is 0.0589. The fraction of sp³-hybridized carbons (Fsp3) is 0.310. The van der Waals surface area contributed by atoms with Crippen LogP contribution in [0.5, 0.6) is 11.5 Å². The van der Waals surface area contributed by atoms with Crippen molar-refractivity contribution in [2.24, 2.45) is 0 Å². The molecule has 1 N–H and O–H groups in total. The molecule has 186 valence electrons. The van der Waals surface area contributed by atoms with E-state index in [-0.39, 0.29) is 17.9 Å². The second-order valence-electron chi connectivity index (χ2n) is 9.26. The van der Waals surface area contributed by atoms with Gasteiger partial charge in [0.05, 0.1) is 0 Å². The highest BCUT2D eigenvalue weighted by Gasteiger charge is 2.36. The number of fused-ring (bicyclic) bond motifs is 1. The van der Waals surface area contributed by atoms with Crippen molar-refractivity contribution in [3.05, 3.63) is 89.2 Å². The number of aryl methyl sites for hydroxylation is 1. The fourth-order valence-corrected chi connectivity index (χ4v) is 4.93. The van der Waals surface area contributed by atoms with E-state index >= 15 is 0 Å². The monoisotopic (exact) mass is 488 g/mol. The van der Waals surface area contributed by atoms with Gasteiger partial charge >= 0.3 is 0 Å². The number of halogens is 1. The summed E-state index contributed by atoms with van der Waals surface area (Å²) in [6, 6.07) is 17.3. The van der Waals surface area contributed by atoms with Crippen LogP contribution in [0.3, 0.4) is 0 Å². The number of nitrogens with zero attached hydrogens (tertiary/aromatic N) is 1. The number of carbonyl (C=O) groups is 2. The lowest BCUT2D eigenvalue weighted by Gasteiger charge is -2.33. The Labute approximate surface area is 210 Å². The van der Waals surface area contributed by atoms with E-state index in [1.54, 1.807) is 30.3 Å². The van der Waals surface area contributed by atoms with E-state index in [1.807, 2.05) is 31.2 Å². The lowest BCUT2D eigenvalue weighted by Crippen LogP contribution is -2.46. The summed E-state index contributed by atoms with van der Waals surface area (Å²) in [5.74, 6) is 0.00834. The first-order valence-electron chi connectivity index (χ1n) is 12.4. The topological polar surface area (TPSA) is 67.9 Å². The molecule has 1 aliphatic heterocycles. The fourth-order valence-electron chi connectivity index (χ4n) is 4.93. The van der Waals surface area contributed by atoms with E-state index in [4.69, 9.17) is 9.47 Å². The van der Waals surface area contributed by atoms with Crippen LogP contribution in [0.2, 0.25) is 0 Å². The zero-order chi connectivity index (χ0) is 25.1. The number of rotatable bonds is 6. The first-order chi connectivity index (χ1) is 17.5. The van der Waals surface area contributed by atoms with Gasteiger partial charge in [-0.3, -0.25) is 14.5 Å². The smallest absolute Gasteiger partial charge is 0.259 e. The Kier molecular flexibility index (Phi) is 6.89. The van der Waals surface area contributed by atoms with Gasteiger partial charge in [0.1, 0.15) is 25.1 Å². The zero-order valence-corrected chi connectivity index (χ0v) is 20.2. The van der Waals surface area contributed by atoms with Gasteiger partial charge in [-0.1, -0.05) is 43.2 Å². The quantitative estimate of drug-likeness (QED) is 0.508. The minimum Gasteiger partial charge on any atom is -0.486 e. The second kappa shape index (κ2) is 10.4. The van der Waals surface area contributed by atoms with Crippen molar-refractivity contribution < 1.29 is 23.5 Å². The molecule has 1 atom stereocenters. The molecular weight excluding hydrogens is 459 g/mol. The van der Waals surface area contributed by atoms with E-state index in [9.17, 15) is 14.0 Å². The Bertz CT molecular complexity index is 1250. The molecule has 1 aliphatic carbocycles. The van der Waals surface area contributed by atoms with E-state index < -0.39 is 11.9 Å². The first-order valence-corrected chi connectivity index (χ1v) is 12.4. The van der Waals surface area contributed by atoms with Crippen molar-refractivity contribution in [2.75, 3.05) is 18.1 Å². The van der Waals surface area contributed by atoms with Crippen LogP contribution in [0.15, 0.2) is 66.7 Å². The van der Waals surface area contributed by atoms with Gasteiger partial charge in [-0.05, 0) is 67.3 Å². The van der Waals surface area contributed by atoms with Crippen molar-refractivity contribution in [2.45, 2.75) is 44.7 Å². The highest BCUT2D eigenvalue weighted by molar-refractivity contribution is 6.10. The lowest BCUT2D eigenvalue weighted by molar-refractivity contribution is -0.123. The van der Waals surface area contributed by atoms with Crippen molar-refractivity contribution >= 4 is 17.5 Å². The van der Waals surface area contributed by atoms with Gasteiger partial charge in [-0.2, -0.15) is 0 Å². The predicted octanol–water partition coefficient (Wildman–Crippen LogP) is 5.35. The average Bonchev–Trinajstić information content (AvgIpc) is 3.41. The van der Waals surface area contributed by atoms with Crippen molar-refractivity contribution in [1.29, 1.82) is 0 Å². The number of nitrogens with one attached hydrogen (secondary N) is 1. The molecule has 0 radical (unpaired) electrons. The van der Waals surface area contributed by atoms with Gasteiger partial charge in [0.2, 0.25) is 5.91 Å². The number of para-hydroxylation sites is 1. The largest absolute Gasteiger partial charge is 0.486 e. The number of benzene rings is 3. The Morgan fingerprint density at radius 3 is 2.36 bits per heavy atom. The number of amides is 2. The van der Waals surface area contributed by atoms with Crippen LogP contribution < -0.4 is 19.7 Å². The highest BCUT2D eigenvalue weighted by Crippen LogP contribution is 2.36.